The van der Waals surface area contributed by atoms with Gasteiger partial charge in [-0.1, -0.05) is 0 Å². The molecule has 1 aliphatic rings. The van der Waals surface area contributed by atoms with Crippen LogP contribution in [-0.4, -0.2) is 17.9 Å². The molecule has 3 rings (SSSR count). The lowest BCUT2D eigenvalue weighted by atomic mass is 10.2. The highest BCUT2D eigenvalue weighted by molar-refractivity contribution is 6.05. The third-order valence-corrected chi connectivity index (χ3v) is 3.27. The molecule has 2 aromatic carbocycles. The van der Waals surface area contributed by atoms with Crippen LogP contribution in [0, 0.1) is 5.82 Å². The summed E-state index contributed by atoms with van der Waals surface area (Å²) in [6.07, 6.45) is -0.549. The van der Waals surface area contributed by atoms with Gasteiger partial charge in [-0.05, 0) is 49.4 Å². The summed E-state index contributed by atoms with van der Waals surface area (Å²) in [5.41, 5.74) is 1.35. The summed E-state index contributed by atoms with van der Waals surface area (Å²) in [7, 11) is 0. The second-order valence-electron chi connectivity index (χ2n) is 4.92. The maximum absolute atomic E-state index is 12.8. The van der Waals surface area contributed by atoms with Gasteiger partial charge in [0.05, 0.1) is 5.69 Å². The first-order chi connectivity index (χ1) is 10.5. The van der Waals surface area contributed by atoms with Gasteiger partial charge in [-0.2, -0.15) is 0 Å². The van der Waals surface area contributed by atoms with Crippen LogP contribution >= 0.6 is 0 Å². The summed E-state index contributed by atoms with van der Waals surface area (Å²) in [5.74, 6) is -0.461. The van der Waals surface area contributed by atoms with E-state index in [1.165, 1.54) is 24.3 Å². The Bertz CT molecular complexity index is 744. The molecular weight excluding hydrogens is 287 g/mol. The van der Waals surface area contributed by atoms with Gasteiger partial charge in [0, 0.05) is 11.3 Å². The third kappa shape index (κ3) is 2.76. The Morgan fingerprint density at radius 3 is 2.68 bits per heavy atom. The summed E-state index contributed by atoms with van der Waals surface area (Å²) < 4.78 is 18.3. The molecule has 0 radical (unpaired) electrons. The third-order valence-electron chi connectivity index (χ3n) is 3.27. The fourth-order valence-corrected chi connectivity index (χ4v) is 2.09. The number of nitrogens with one attached hydrogen (secondary N) is 2. The van der Waals surface area contributed by atoms with Crippen molar-refractivity contribution >= 4 is 23.2 Å². The van der Waals surface area contributed by atoms with E-state index in [2.05, 4.69) is 10.6 Å². The van der Waals surface area contributed by atoms with Crippen LogP contribution < -0.4 is 15.4 Å². The van der Waals surface area contributed by atoms with E-state index in [-0.39, 0.29) is 11.8 Å². The van der Waals surface area contributed by atoms with E-state index in [1.807, 2.05) is 0 Å². The van der Waals surface area contributed by atoms with E-state index in [0.717, 1.165) is 0 Å². The van der Waals surface area contributed by atoms with Gasteiger partial charge in [0.15, 0.2) is 6.10 Å². The average Bonchev–Trinajstić information content (AvgIpc) is 2.49. The number of ether oxygens (including phenoxy) is 1. The Labute approximate surface area is 126 Å². The largest absolute Gasteiger partial charge is 0.479 e. The van der Waals surface area contributed by atoms with Gasteiger partial charge in [0.1, 0.15) is 11.6 Å². The summed E-state index contributed by atoms with van der Waals surface area (Å²) in [6, 6.07) is 10.2. The minimum Gasteiger partial charge on any atom is -0.479 e. The number of rotatable bonds is 2. The maximum atomic E-state index is 12.8. The van der Waals surface area contributed by atoms with Crippen LogP contribution in [0.25, 0.3) is 0 Å². The molecule has 2 N–H and O–H groups in total. The van der Waals surface area contributed by atoms with Crippen molar-refractivity contribution in [3.63, 3.8) is 0 Å². The van der Waals surface area contributed by atoms with Crippen LogP contribution in [0.3, 0.4) is 0 Å². The van der Waals surface area contributed by atoms with Gasteiger partial charge in [-0.25, -0.2) is 4.39 Å². The fraction of sp³-hybridized carbons (Fsp3) is 0.125. The van der Waals surface area contributed by atoms with Crippen molar-refractivity contribution in [2.45, 2.75) is 13.0 Å². The number of carbonyl (C=O) groups is 2. The second-order valence-corrected chi connectivity index (χ2v) is 4.92. The smallest absolute Gasteiger partial charge is 0.265 e. The number of carbonyl (C=O) groups excluding carboxylic acids is 2. The van der Waals surface area contributed by atoms with Crippen molar-refractivity contribution in [3.05, 3.63) is 53.8 Å². The molecule has 0 spiro atoms. The maximum Gasteiger partial charge on any atom is 0.265 e. The lowest BCUT2D eigenvalue weighted by molar-refractivity contribution is -0.122. The summed E-state index contributed by atoms with van der Waals surface area (Å²) in [5, 5.41) is 5.39. The first-order valence-electron chi connectivity index (χ1n) is 6.71. The van der Waals surface area contributed by atoms with E-state index in [0.29, 0.717) is 22.7 Å². The quantitative estimate of drug-likeness (QED) is 0.896. The monoisotopic (exact) mass is 300 g/mol. The lowest BCUT2D eigenvalue weighted by Crippen LogP contribution is -2.34. The zero-order valence-electron chi connectivity index (χ0n) is 11.7. The minimum absolute atomic E-state index is 0.241. The molecule has 0 bridgehead atoms. The van der Waals surface area contributed by atoms with Crippen LogP contribution in [0.5, 0.6) is 5.75 Å². The Morgan fingerprint density at radius 2 is 1.95 bits per heavy atom. The van der Waals surface area contributed by atoms with Crippen molar-refractivity contribution < 1.29 is 18.7 Å². The van der Waals surface area contributed by atoms with Crippen LogP contribution in [0.1, 0.15) is 17.3 Å². The Balaban J connectivity index is 1.79. The topological polar surface area (TPSA) is 67.4 Å². The average molecular weight is 300 g/mol. The van der Waals surface area contributed by atoms with Gasteiger partial charge < -0.3 is 15.4 Å². The van der Waals surface area contributed by atoms with Gasteiger partial charge in [-0.15, -0.1) is 0 Å². The van der Waals surface area contributed by atoms with E-state index >= 15 is 0 Å². The van der Waals surface area contributed by atoms with Crippen LogP contribution in [0.4, 0.5) is 15.8 Å². The standard InChI is InChI=1S/C16H13FN2O3/c1-9-15(20)19-13-8-12(6-7-14(13)22-9)18-16(21)10-2-4-11(17)5-3-10/h2-9H,1H3,(H,18,21)(H,19,20). The minimum atomic E-state index is -0.549. The summed E-state index contributed by atoms with van der Waals surface area (Å²) in [4.78, 5) is 23.6. The number of hydrogen-bond acceptors (Lipinski definition) is 3. The molecule has 2 aromatic rings. The molecular formula is C16H13FN2O3. The molecule has 22 heavy (non-hydrogen) atoms. The van der Waals surface area contributed by atoms with Crippen molar-refractivity contribution in [1.29, 1.82) is 0 Å². The Kier molecular flexibility index (Phi) is 3.50. The zero-order chi connectivity index (χ0) is 15.7. The molecule has 1 atom stereocenters. The van der Waals surface area contributed by atoms with Gasteiger partial charge in [0.2, 0.25) is 0 Å². The van der Waals surface area contributed by atoms with E-state index < -0.39 is 11.9 Å². The molecule has 5 nitrogen and oxygen atoms in total. The Morgan fingerprint density at radius 1 is 1.23 bits per heavy atom. The number of halogens is 1. The molecule has 0 saturated heterocycles. The number of hydrogen-bond donors (Lipinski definition) is 2. The molecule has 112 valence electrons. The first kappa shape index (κ1) is 14.1. The number of fused-ring (bicyclic) bond motifs is 1. The zero-order valence-corrected chi connectivity index (χ0v) is 11.7. The Hall–Kier alpha value is -2.89. The van der Waals surface area contributed by atoms with Gasteiger partial charge in [0.25, 0.3) is 11.8 Å². The molecule has 1 aliphatic heterocycles. The predicted octanol–water partition coefficient (Wildman–Crippen LogP) is 2.80. The van der Waals surface area contributed by atoms with Crippen LogP contribution in [0.15, 0.2) is 42.5 Å². The highest BCUT2D eigenvalue weighted by Gasteiger charge is 2.23. The van der Waals surface area contributed by atoms with Crippen molar-refractivity contribution in [3.8, 4) is 5.75 Å². The lowest BCUT2D eigenvalue weighted by Gasteiger charge is -2.23. The number of anilines is 2. The molecule has 1 heterocycles. The number of benzene rings is 2. The van der Waals surface area contributed by atoms with Crippen molar-refractivity contribution in [1.82, 2.24) is 0 Å². The molecule has 0 aromatic heterocycles. The van der Waals surface area contributed by atoms with E-state index in [9.17, 15) is 14.0 Å². The summed E-state index contributed by atoms with van der Waals surface area (Å²) in [6.45, 7) is 1.66. The predicted molar refractivity (Wildman–Crippen MR) is 79.5 cm³/mol. The molecule has 2 amide bonds. The van der Waals surface area contributed by atoms with E-state index in [1.54, 1.807) is 25.1 Å². The molecule has 1 unspecified atom stereocenters. The normalized spacial score (nSPS) is 16.3. The van der Waals surface area contributed by atoms with Gasteiger partial charge in [-0.3, -0.25) is 9.59 Å². The first-order valence-corrected chi connectivity index (χ1v) is 6.71. The highest BCUT2D eigenvalue weighted by atomic mass is 19.1. The molecule has 6 heteroatoms. The van der Waals surface area contributed by atoms with Crippen LogP contribution in [-0.2, 0) is 4.79 Å². The van der Waals surface area contributed by atoms with Crippen molar-refractivity contribution in [2.24, 2.45) is 0 Å². The second kappa shape index (κ2) is 5.48. The number of amides is 2. The highest BCUT2D eigenvalue weighted by Crippen LogP contribution is 2.32. The summed E-state index contributed by atoms with van der Waals surface area (Å²) >= 11 is 0. The fourth-order valence-electron chi connectivity index (χ4n) is 2.09. The van der Waals surface area contributed by atoms with Gasteiger partial charge >= 0.3 is 0 Å². The molecule has 0 saturated carbocycles. The van der Waals surface area contributed by atoms with Crippen molar-refractivity contribution in [2.75, 3.05) is 10.6 Å². The van der Waals surface area contributed by atoms with Crippen LogP contribution in [0.2, 0.25) is 0 Å². The molecule has 0 aliphatic carbocycles. The molecule has 0 fully saturated rings. The SMILES string of the molecule is CC1Oc2ccc(NC(=O)c3ccc(F)cc3)cc2NC1=O. The van der Waals surface area contributed by atoms with E-state index in [4.69, 9.17) is 4.74 Å².